The molecule has 42 heavy (non-hydrogen) atoms. The van der Waals surface area contributed by atoms with Gasteiger partial charge >= 0.3 is 11.9 Å². The number of esters is 2. The number of Topliss-reactive ketones (excluding diaryl/α,β-unsaturated/α-hetero) is 1. The van der Waals surface area contributed by atoms with Gasteiger partial charge in [-0.3, -0.25) is 14.4 Å². The molecule has 0 unspecified atom stereocenters. The lowest BCUT2D eigenvalue weighted by Crippen LogP contribution is -2.66. The highest BCUT2D eigenvalue weighted by atomic mass is 16.6. The van der Waals surface area contributed by atoms with Crippen molar-refractivity contribution >= 4 is 17.7 Å². The number of ether oxygens (including phenoxy) is 2. The first-order valence-corrected chi connectivity index (χ1v) is 16.1. The molecule has 0 aromatic carbocycles. The highest BCUT2D eigenvalue weighted by molar-refractivity contribution is 5.96. The first-order valence-electron chi connectivity index (χ1n) is 16.1. The van der Waals surface area contributed by atoms with Crippen LogP contribution in [-0.2, 0) is 23.9 Å². The molecule has 0 radical (unpaired) electrons. The second-order valence-corrected chi connectivity index (χ2v) is 14.0. The molecule has 0 aromatic heterocycles. The fourth-order valence-corrected chi connectivity index (χ4v) is 8.89. The van der Waals surface area contributed by atoms with Gasteiger partial charge in [0.1, 0.15) is 11.7 Å². The number of carbonyl (C=O) groups excluding carboxylic acids is 3. The van der Waals surface area contributed by atoms with E-state index in [1.54, 1.807) is 19.1 Å². The largest absolute Gasteiger partial charge is 0.458 e. The van der Waals surface area contributed by atoms with Crippen LogP contribution >= 0.6 is 0 Å². The Morgan fingerprint density at radius 3 is 2.21 bits per heavy atom. The maximum absolute atomic E-state index is 14.6. The number of aliphatic hydroxyl groups excluding tert-OH is 2. The van der Waals surface area contributed by atoms with Crippen LogP contribution in [0.1, 0.15) is 112 Å². The fourth-order valence-electron chi connectivity index (χ4n) is 8.89. The van der Waals surface area contributed by atoms with Gasteiger partial charge in [-0.1, -0.05) is 91.2 Å². The third-order valence-corrected chi connectivity index (χ3v) is 11.1. The Hall–Kier alpha value is -2.03. The summed E-state index contributed by atoms with van der Waals surface area (Å²) in [5.74, 6) is -3.00. The van der Waals surface area contributed by atoms with Crippen molar-refractivity contribution < 1.29 is 39.2 Å². The van der Waals surface area contributed by atoms with E-state index in [9.17, 15) is 29.7 Å². The van der Waals surface area contributed by atoms with E-state index < -0.39 is 58.7 Å². The number of allylic oxidation sites excluding steroid dienone is 1. The molecule has 0 amide bonds. The van der Waals surface area contributed by atoms with E-state index in [2.05, 4.69) is 6.92 Å². The molecule has 3 N–H and O–H groups in total. The summed E-state index contributed by atoms with van der Waals surface area (Å²) in [5, 5.41) is 34.2. The van der Waals surface area contributed by atoms with Crippen LogP contribution in [0.3, 0.4) is 0 Å². The quantitative estimate of drug-likeness (QED) is 0.156. The minimum absolute atomic E-state index is 0.102. The number of unbranched alkanes of at least 4 members (excludes halogenated alkanes) is 8. The first kappa shape index (κ1) is 32.9. The van der Waals surface area contributed by atoms with Gasteiger partial charge < -0.3 is 24.8 Å². The number of carbonyl (C=O) groups is 3. The van der Waals surface area contributed by atoms with Gasteiger partial charge in [0.05, 0.1) is 12.0 Å². The molecule has 0 aliphatic heterocycles. The molecule has 8 heteroatoms. The van der Waals surface area contributed by atoms with E-state index >= 15 is 0 Å². The van der Waals surface area contributed by atoms with Gasteiger partial charge in [-0.2, -0.15) is 0 Å². The van der Waals surface area contributed by atoms with Crippen molar-refractivity contribution in [1.82, 2.24) is 0 Å². The molecule has 2 bridgehead atoms. The monoisotopic (exact) mass is 588 g/mol. The molecule has 0 aromatic rings. The Balaban J connectivity index is 1.58. The summed E-state index contributed by atoms with van der Waals surface area (Å²) < 4.78 is 11.9. The third-order valence-electron chi connectivity index (χ3n) is 11.1. The van der Waals surface area contributed by atoms with Gasteiger partial charge in [-0.25, -0.2) is 0 Å². The maximum atomic E-state index is 14.6. The van der Waals surface area contributed by atoms with E-state index in [1.807, 2.05) is 20.8 Å². The molecule has 4 aliphatic rings. The summed E-state index contributed by atoms with van der Waals surface area (Å²) in [4.78, 5) is 40.0. The van der Waals surface area contributed by atoms with E-state index in [0.717, 1.165) is 19.3 Å². The zero-order valence-corrected chi connectivity index (χ0v) is 26.4. The second-order valence-electron chi connectivity index (χ2n) is 14.0. The van der Waals surface area contributed by atoms with Crippen LogP contribution in [-0.4, -0.2) is 63.1 Å². The predicted molar refractivity (Wildman–Crippen MR) is 158 cm³/mol. The molecule has 8 atom stereocenters. The van der Waals surface area contributed by atoms with Crippen molar-refractivity contribution in [2.45, 2.75) is 136 Å². The number of hydrogen-bond donors (Lipinski definition) is 3. The van der Waals surface area contributed by atoms with Crippen LogP contribution in [0.25, 0.3) is 0 Å². The van der Waals surface area contributed by atoms with Crippen molar-refractivity contribution in [3.05, 3.63) is 23.3 Å². The summed E-state index contributed by atoms with van der Waals surface area (Å²) in [7, 11) is 0. The molecule has 4 aliphatic carbocycles. The van der Waals surface area contributed by atoms with Gasteiger partial charge in [0.2, 0.25) is 0 Å². The molecule has 0 heterocycles. The Morgan fingerprint density at radius 1 is 1.05 bits per heavy atom. The van der Waals surface area contributed by atoms with Gasteiger partial charge in [0.25, 0.3) is 0 Å². The molecule has 1 spiro atoms. The number of ketones is 1. The summed E-state index contributed by atoms with van der Waals surface area (Å²) in [5.41, 5.74) is -4.72. The Bertz CT molecular complexity index is 1120. The van der Waals surface area contributed by atoms with Crippen molar-refractivity contribution in [1.29, 1.82) is 0 Å². The maximum Gasteiger partial charge on any atom is 0.306 e. The zero-order valence-electron chi connectivity index (χ0n) is 26.4. The van der Waals surface area contributed by atoms with Crippen LogP contribution in [0.2, 0.25) is 0 Å². The SMILES string of the molecule is CCCCCCCCCCCC(=O)O[C@@]12C[C@@H](C)[C@]34C=C(C)[C@H](OC(C)=O)[C@@]3(O)[C@H](O)C(CO)=C[C@H](C4=O)[C@@H]1C2(C)C. The highest BCUT2D eigenvalue weighted by Gasteiger charge is 2.83. The van der Waals surface area contributed by atoms with Crippen LogP contribution in [0, 0.1) is 28.6 Å². The smallest absolute Gasteiger partial charge is 0.306 e. The van der Waals surface area contributed by atoms with Crippen molar-refractivity contribution in [2.75, 3.05) is 6.61 Å². The van der Waals surface area contributed by atoms with Crippen molar-refractivity contribution in [2.24, 2.45) is 28.6 Å². The summed E-state index contributed by atoms with van der Waals surface area (Å²) in [6, 6.07) is 0. The van der Waals surface area contributed by atoms with Crippen molar-refractivity contribution in [3.63, 3.8) is 0 Å². The molecule has 8 nitrogen and oxygen atoms in total. The highest BCUT2D eigenvalue weighted by Crippen LogP contribution is 2.75. The Labute approximate surface area is 250 Å². The van der Waals surface area contributed by atoms with Crippen LogP contribution in [0.5, 0.6) is 0 Å². The van der Waals surface area contributed by atoms with E-state index in [0.29, 0.717) is 18.4 Å². The van der Waals surface area contributed by atoms with Gasteiger partial charge in [-0.15, -0.1) is 0 Å². The molecule has 2 saturated carbocycles. The molecule has 0 saturated heterocycles. The lowest BCUT2D eigenvalue weighted by Gasteiger charge is -2.49. The van der Waals surface area contributed by atoms with Gasteiger partial charge in [0, 0.05) is 30.6 Å². The average molecular weight is 589 g/mol. The first-order chi connectivity index (χ1) is 19.8. The molecular weight excluding hydrogens is 536 g/mol. The normalized spacial score (nSPS) is 37.9. The predicted octanol–water partition coefficient (Wildman–Crippen LogP) is 4.97. The van der Waals surface area contributed by atoms with Crippen LogP contribution in [0.15, 0.2) is 23.3 Å². The number of hydrogen-bond acceptors (Lipinski definition) is 8. The standard InChI is InChI=1S/C34H52O8/c1-7-8-9-10-11-12-13-14-15-16-26(37)42-33-19-22(3)32-18-21(2)30(41-23(4)36)34(32,40)28(38)24(20-35)17-25(29(32)39)27(33)31(33,5)6/h17-18,22,25,27-28,30,35,38,40H,7-16,19-20H2,1-6H3/t22-,25+,27-,28-,30+,32+,33+,34+/m1/s1. The molecular formula is C34H52O8. The number of fused-ring (bicyclic) bond motifs is 3. The fraction of sp³-hybridized carbons (Fsp3) is 0.794. The number of aliphatic hydroxyl groups is 3. The third kappa shape index (κ3) is 4.99. The lowest BCUT2D eigenvalue weighted by molar-refractivity contribution is -0.203. The molecule has 4 rings (SSSR count). The zero-order chi connectivity index (χ0) is 31.1. The van der Waals surface area contributed by atoms with Gasteiger partial charge in [0.15, 0.2) is 17.5 Å². The van der Waals surface area contributed by atoms with Crippen LogP contribution < -0.4 is 0 Å². The Morgan fingerprint density at radius 2 is 1.64 bits per heavy atom. The minimum atomic E-state index is -2.22. The summed E-state index contributed by atoms with van der Waals surface area (Å²) in [6.45, 7) is 10.4. The van der Waals surface area contributed by atoms with E-state index in [4.69, 9.17) is 9.47 Å². The summed E-state index contributed by atoms with van der Waals surface area (Å²) >= 11 is 0. The number of rotatable bonds is 13. The van der Waals surface area contributed by atoms with E-state index in [1.165, 1.54) is 45.4 Å². The van der Waals surface area contributed by atoms with E-state index in [-0.39, 0.29) is 23.2 Å². The molecule has 2 fully saturated rings. The van der Waals surface area contributed by atoms with Gasteiger partial charge in [-0.05, 0) is 36.8 Å². The summed E-state index contributed by atoms with van der Waals surface area (Å²) in [6.07, 6.45) is 11.3. The average Bonchev–Trinajstić information content (AvgIpc) is 3.32. The second kappa shape index (κ2) is 12.2. The Kier molecular flexibility index (Phi) is 9.52. The lowest BCUT2D eigenvalue weighted by atomic mass is 9.59. The van der Waals surface area contributed by atoms with Crippen molar-refractivity contribution in [3.8, 4) is 0 Å². The van der Waals surface area contributed by atoms with Crippen LogP contribution in [0.4, 0.5) is 0 Å². The topological polar surface area (TPSA) is 130 Å². The molecule has 236 valence electrons. The minimum Gasteiger partial charge on any atom is -0.458 e.